The van der Waals surface area contributed by atoms with Gasteiger partial charge in [0.2, 0.25) is 0 Å². The zero-order chi connectivity index (χ0) is 15.4. The van der Waals surface area contributed by atoms with Gasteiger partial charge in [0.05, 0.1) is 6.54 Å². The Kier molecular flexibility index (Phi) is 4.35. The largest absolute Gasteiger partial charge is 0.291 e. The van der Waals surface area contributed by atoms with Crippen LogP contribution in [-0.2, 0) is 4.79 Å². The van der Waals surface area contributed by atoms with E-state index in [0.29, 0.717) is 23.9 Å². The highest BCUT2D eigenvalue weighted by molar-refractivity contribution is 6.31. The number of hydrogen-bond acceptors (Lipinski definition) is 2. The Morgan fingerprint density at radius 3 is 2.73 bits per heavy atom. The molecule has 0 unspecified atom stereocenters. The summed E-state index contributed by atoms with van der Waals surface area (Å²) in [6.07, 6.45) is 3.40. The van der Waals surface area contributed by atoms with E-state index >= 15 is 0 Å². The normalized spacial score (nSPS) is 14.4. The smallest absolute Gasteiger partial charge is 0.252 e. The molecule has 2 aromatic rings. The average molecular weight is 311 g/mol. The molecule has 1 amide bonds. The zero-order valence-corrected chi connectivity index (χ0v) is 12.7. The van der Waals surface area contributed by atoms with E-state index in [9.17, 15) is 4.79 Å². The average Bonchev–Trinajstić information content (AvgIpc) is 3.03. The topological polar surface area (TPSA) is 32.7 Å². The van der Waals surface area contributed by atoms with Gasteiger partial charge in [0.25, 0.3) is 5.91 Å². The number of amidine groups is 1. The van der Waals surface area contributed by atoms with Crippen LogP contribution in [0.4, 0.5) is 0 Å². The van der Waals surface area contributed by atoms with Gasteiger partial charge in [0.15, 0.2) is 0 Å². The summed E-state index contributed by atoms with van der Waals surface area (Å²) in [5.74, 6) is 0.616. The first-order valence-corrected chi connectivity index (χ1v) is 7.47. The summed E-state index contributed by atoms with van der Waals surface area (Å²) in [6, 6.07) is 17.2. The molecule has 1 heterocycles. The van der Waals surface area contributed by atoms with Crippen LogP contribution in [0.1, 0.15) is 11.1 Å². The van der Waals surface area contributed by atoms with Gasteiger partial charge >= 0.3 is 0 Å². The van der Waals surface area contributed by atoms with Crippen LogP contribution in [0.3, 0.4) is 0 Å². The second kappa shape index (κ2) is 6.58. The maximum absolute atomic E-state index is 12.4. The molecule has 3 nitrogen and oxygen atoms in total. The minimum absolute atomic E-state index is 0.0694. The highest BCUT2D eigenvalue weighted by Gasteiger charge is 2.23. The molecule has 1 aliphatic rings. The van der Waals surface area contributed by atoms with Gasteiger partial charge in [0.1, 0.15) is 5.84 Å². The molecular weight excluding hydrogens is 296 g/mol. The minimum atomic E-state index is -0.0694. The molecule has 0 saturated carbocycles. The highest BCUT2D eigenvalue weighted by atomic mass is 35.5. The molecule has 0 spiro atoms. The zero-order valence-electron chi connectivity index (χ0n) is 11.9. The highest BCUT2D eigenvalue weighted by Crippen LogP contribution is 2.16. The Labute approximate surface area is 134 Å². The molecule has 2 aromatic carbocycles. The van der Waals surface area contributed by atoms with E-state index < -0.39 is 0 Å². The Bertz CT molecular complexity index is 738. The summed E-state index contributed by atoms with van der Waals surface area (Å²) in [6.45, 7) is 1.21. The fraction of sp³-hybridized carbons (Fsp3) is 0.111. The number of nitrogens with zero attached hydrogens (tertiary/aromatic N) is 2. The lowest BCUT2D eigenvalue weighted by Gasteiger charge is -2.16. The van der Waals surface area contributed by atoms with Crippen molar-refractivity contribution in [1.82, 2.24) is 4.90 Å². The van der Waals surface area contributed by atoms with Gasteiger partial charge in [-0.1, -0.05) is 54.1 Å². The van der Waals surface area contributed by atoms with E-state index in [1.54, 1.807) is 11.0 Å². The summed E-state index contributed by atoms with van der Waals surface area (Å²) < 4.78 is 0. The molecule has 0 aromatic heterocycles. The number of carbonyl (C=O) groups is 1. The number of carbonyl (C=O) groups excluding carboxylic acids is 1. The van der Waals surface area contributed by atoms with Gasteiger partial charge in [-0.05, 0) is 23.8 Å². The molecule has 1 aliphatic heterocycles. The number of halogens is 1. The van der Waals surface area contributed by atoms with Crippen molar-refractivity contribution < 1.29 is 4.79 Å². The van der Waals surface area contributed by atoms with Crippen molar-refractivity contribution in [3.05, 3.63) is 76.8 Å². The van der Waals surface area contributed by atoms with Crippen molar-refractivity contribution in [3.8, 4) is 0 Å². The molecular formula is C18H15ClN2O. The molecule has 0 N–H and O–H groups in total. The number of aliphatic imine (C=N–C) groups is 1. The van der Waals surface area contributed by atoms with Crippen LogP contribution >= 0.6 is 11.6 Å². The maximum atomic E-state index is 12.4. The Morgan fingerprint density at radius 2 is 1.95 bits per heavy atom. The van der Waals surface area contributed by atoms with Crippen molar-refractivity contribution in [3.63, 3.8) is 0 Å². The van der Waals surface area contributed by atoms with Crippen LogP contribution in [0, 0.1) is 0 Å². The number of benzene rings is 2. The summed E-state index contributed by atoms with van der Waals surface area (Å²) >= 11 is 6.02. The number of hydrogen-bond donors (Lipinski definition) is 0. The Balaban J connectivity index is 1.78. The third-order valence-electron chi connectivity index (χ3n) is 3.41. The predicted molar refractivity (Wildman–Crippen MR) is 90.0 cm³/mol. The van der Waals surface area contributed by atoms with E-state index in [-0.39, 0.29) is 5.91 Å². The van der Waals surface area contributed by atoms with Gasteiger partial charge < -0.3 is 0 Å². The summed E-state index contributed by atoms with van der Waals surface area (Å²) in [4.78, 5) is 18.5. The fourth-order valence-corrected chi connectivity index (χ4v) is 2.55. The van der Waals surface area contributed by atoms with E-state index in [1.165, 1.54) is 0 Å². The first kappa shape index (κ1) is 14.5. The van der Waals surface area contributed by atoms with E-state index in [0.717, 1.165) is 11.1 Å². The van der Waals surface area contributed by atoms with Gasteiger partial charge in [-0.3, -0.25) is 14.7 Å². The second-order valence-corrected chi connectivity index (χ2v) is 5.39. The minimum Gasteiger partial charge on any atom is -0.291 e. The van der Waals surface area contributed by atoms with Crippen molar-refractivity contribution in [2.45, 2.75) is 0 Å². The van der Waals surface area contributed by atoms with Crippen LogP contribution in [0.15, 0.2) is 65.7 Å². The molecule has 0 fully saturated rings. The van der Waals surface area contributed by atoms with Crippen LogP contribution in [0.2, 0.25) is 5.02 Å². The number of rotatable bonds is 3. The predicted octanol–water partition coefficient (Wildman–Crippen LogP) is 3.64. The van der Waals surface area contributed by atoms with Crippen LogP contribution in [0.5, 0.6) is 0 Å². The standard InChI is InChI=1S/C18H15ClN2O/c19-16-8-4-7-15(13-16)18-20-11-12-21(18)17(22)10-9-14-5-2-1-3-6-14/h1-10,13H,11-12H2/b10-9+. The lowest BCUT2D eigenvalue weighted by atomic mass is 10.2. The second-order valence-electron chi connectivity index (χ2n) is 4.95. The lowest BCUT2D eigenvalue weighted by molar-refractivity contribution is -0.121. The molecule has 22 heavy (non-hydrogen) atoms. The van der Waals surface area contributed by atoms with Crippen molar-refractivity contribution in [1.29, 1.82) is 0 Å². The molecule has 4 heteroatoms. The van der Waals surface area contributed by atoms with Crippen LogP contribution in [-0.4, -0.2) is 29.7 Å². The molecule has 3 rings (SSSR count). The monoisotopic (exact) mass is 310 g/mol. The Hall–Kier alpha value is -2.39. The number of amides is 1. The third kappa shape index (κ3) is 3.26. The first-order chi connectivity index (χ1) is 10.7. The molecule has 0 bridgehead atoms. The summed E-state index contributed by atoms with van der Waals surface area (Å²) in [7, 11) is 0. The third-order valence-corrected chi connectivity index (χ3v) is 3.64. The van der Waals surface area contributed by atoms with Gasteiger partial charge in [0, 0.05) is 23.2 Å². The Morgan fingerprint density at radius 1 is 1.14 bits per heavy atom. The van der Waals surface area contributed by atoms with Gasteiger partial charge in [-0.2, -0.15) is 0 Å². The molecule has 0 radical (unpaired) electrons. The van der Waals surface area contributed by atoms with Crippen LogP contribution in [0.25, 0.3) is 6.08 Å². The van der Waals surface area contributed by atoms with E-state index in [1.807, 2.05) is 60.7 Å². The lowest BCUT2D eigenvalue weighted by Crippen LogP contribution is -2.33. The molecule has 110 valence electrons. The van der Waals surface area contributed by atoms with Crippen LogP contribution < -0.4 is 0 Å². The summed E-state index contributed by atoms with van der Waals surface area (Å²) in [5, 5.41) is 0.638. The molecule has 0 atom stereocenters. The first-order valence-electron chi connectivity index (χ1n) is 7.09. The van der Waals surface area contributed by atoms with Crippen molar-refractivity contribution >= 4 is 29.4 Å². The molecule has 0 saturated heterocycles. The van der Waals surface area contributed by atoms with E-state index in [2.05, 4.69) is 4.99 Å². The molecule has 0 aliphatic carbocycles. The maximum Gasteiger partial charge on any atom is 0.252 e. The summed E-state index contributed by atoms with van der Waals surface area (Å²) in [5.41, 5.74) is 1.86. The van der Waals surface area contributed by atoms with Crippen molar-refractivity contribution in [2.75, 3.05) is 13.1 Å². The fourth-order valence-electron chi connectivity index (χ4n) is 2.36. The van der Waals surface area contributed by atoms with Gasteiger partial charge in [-0.15, -0.1) is 0 Å². The quantitative estimate of drug-likeness (QED) is 0.797. The van der Waals surface area contributed by atoms with Gasteiger partial charge in [-0.25, -0.2) is 0 Å². The van der Waals surface area contributed by atoms with E-state index in [4.69, 9.17) is 11.6 Å². The van der Waals surface area contributed by atoms with Crippen molar-refractivity contribution in [2.24, 2.45) is 4.99 Å². The SMILES string of the molecule is O=C(/C=C/c1ccccc1)N1CCN=C1c1cccc(Cl)c1.